The molecule has 1 aromatic carbocycles. The second kappa shape index (κ2) is 4.40. The lowest BCUT2D eigenvalue weighted by Crippen LogP contribution is -1.92. The molecule has 0 radical (unpaired) electrons. The minimum atomic E-state index is 0.684. The highest BCUT2D eigenvalue weighted by molar-refractivity contribution is 9.10. The predicted octanol–water partition coefficient (Wildman–Crippen LogP) is 3.37. The number of aromatic amines is 1. The number of nitrogens with one attached hydrogen (secondary N) is 1. The fourth-order valence-corrected chi connectivity index (χ4v) is 2.28. The van der Waals surface area contributed by atoms with Gasteiger partial charge in [0.1, 0.15) is 10.4 Å². The summed E-state index contributed by atoms with van der Waals surface area (Å²) >= 11 is 9.33. The molecule has 0 aliphatic rings. The van der Waals surface area contributed by atoms with Gasteiger partial charge in [0.2, 0.25) is 0 Å². The smallest absolute Gasteiger partial charge is 0.251 e. The highest BCUT2D eigenvalue weighted by Gasteiger charge is 2.10. The lowest BCUT2D eigenvalue weighted by Gasteiger charge is -1.98. The number of hydrogen-bond acceptors (Lipinski definition) is 2. The van der Waals surface area contributed by atoms with Gasteiger partial charge in [0.25, 0.3) is 5.78 Å². The zero-order valence-electron chi connectivity index (χ0n) is 9.61. The first-order valence-electron chi connectivity index (χ1n) is 5.47. The van der Waals surface area contributed by atoms with Crippen LogP contribution in [0.2, 0.25) is 5.02 Å². The van der Waals surface area contributed by atoms with Gasteiger partial charge < -0.3 is 0 Å². The monoisotopic (exact) mass is 324 g/mol. The van der Waals surface area contributed by atoms with Crippen LogP contribution in [0.4, 0.5) is 0 Å². The van der Waals surface area contributed by atoms with E-state index in [1.165, 1.54) is 0 Å². The van der Waals surface area contributed by atoms with Crippen molar-refractivity contribution >= 4 is 33.3 Å². The summed E-state index contributed by atoms with van der Waals surface area (Å²) in [5, 5.41) is 3.95. The zero-order chi connectivity index (χ0) is 12.7. The van der Waals surface area contributed by atoms with E-state index in [-0.39, 0.29) is 0 Å². The zero-order valence-corrected chi connectivity index (χ0v) is 12.0. The summed E-state index contributed by atoms with van der Waals surface area (Å²) in [6.45, 7) is 1.94. The molecule has 4 nitrogen and oxygen atoms in total. The van der Waals surface area contributed by atoms with Crippen molar-refractivity contribution < 1.29 is 0 Å². The number of imidazole rings is 1. The van der Waals surface area contributed by atoms with E-state index in [9.17, 15) is 0 Å². The Morgan fingerprint density at radius 3 is 2.67 bits per heavy atom. The normalized spacial score (nSPS) is 11.3. The second-order valence-corrected chi connectivity index (χ2v) is 5.28. The fourth-order valence-electron chi connectivity index (χ4n) is 1.82. The van der Waals surface area contributed by atoms with Crippen molar-refractivity contribution in [2.75, 3.05) is 0 Å². The maximum atomic E-state index is 5.86. The third-order valence-electron chi connectivity index (χ3n) is 2.72. The van der Waals surface area contributed by atoms with Crippen molar-refractivity contribution in [1.29, 1.82) is 0 Å². The SMILES string of the molecule is Cc1nc2nc(Cc3ccc(Cl)cc3)[nH]n2c1Br. The summed E-state index contributed by atoms with van der Waals surface area (Å²) in [6.07, 6.45) is 0.728. The molecule has 18 heavy (non-hydrogen) atoms. The summed E-state index contributed by atoms with van der Waals surface area (Å²) < 4.78 is 2.74. The molecule has 3 rings (SSSR count). The van der Waals surface area contributed by atoms with Crippen LogP contribution in [0.25, 0.3) is 5.78 Å². The summed E-state index contributed by atoms with van der Waals surface area (Å²) in [7, 11) is 0. The number of aryl methyl sites for hydroxylation is 1. The van der Waals surface area contributed by atoms with Gasteiger partial charge >= 0.3 is 0 Å². The third-order valence-corrected chi connectivity index (χ3v) is 3.90. The van der Waals surface area contributed by atoms with Crippen LogP contribution in [-0.2, 0) is 6.42 Å². The lowest BCUT2D eigenvalue weighted by molar-refractivity contribution is 0.888. The van der Waals surface area contributed by atoms with Crippen molar-refractivity contribution in [1.82, 2.24) is 19.6 Å². The van der Waals surface area contributed by atoms with E-state index in [1.54, 1.807) is 0 Å². The van der Waals surface area contributed by atoms with E-state index in [2.05, 4.69) is 31.0 Å². The van der Waals surface area contributed by atoms with Crippen molar-refractivity contribution in [3.8, 4) is 0 Å². The van der Waals surface area contributed by atoms with Crippen LogP contribution in [-0.4, -0.2) is 19.6 Å². The molecule has 3 aromatic rings. The second-order valence-electron chi connectivity index (χ2n) is 4.10. The maximum absolute atomic E-state index is 5.86. The van der Waals surface area contributed by atoms with Crippen LogP contribution in [0.3, 0.4) is 0 Å². The molecule has 0 saturated heterocycles. The molecule has 92 valence electrons. The number of benzene rings is 1. The molecule has 0 aliphatic heterocycles. The van der Waals surface area contributed by atoms with Crippen molar-refractivity contribution in [2.24, 2.45) is 0 Å². The molecule has 0 aliphatic carbocycles. The van der Waals surface area contributed by atoms with Gasteiger partial charge in [0.05, 0.1) is 5.69 Å². The largest absolute Gasteiger partial charge is 0.277 e. The van der Waals surface area contributed by atoms with Crippen LogP contribution < -0.4 is 0 Å². The summed E-state index contributed by atoms with van der Waals surface area (Å²) in [5.41, 5.74) is 2.08. The first kappa shape index (κ1) is 11.7. The van der Waals surface area contributed by atoms with E-state index in [1.807, 2.05) is 35.7 Å². The first-order valence-corrected chi connectivity index (χ1v) is 6.64. The van der Waals surface area contributed by atoms with Gasteiger partial charge in [-0.05, 0) is 40.5 Å². The molecule has 0 amide bonds. The van der Waals surface area contributed by atoms with E-state index in [4.69, 9.17) is 11.6 Å². The van der Waals surface area contributed by atoms with Crippen LogP contribution >= 0.6 is 27.5 Å². The number of aromatic nitrogens is 4. The molecule has 2 aromatic heterocycles. The molecule has 2 heterocycles. The quantitative estimate of drug-likeness (QED) is 0.785. The van der Waals surface area contributed by atoms with Gasteiger partial charge in [-0.3, -0.25) is 5.10 Å². The maximum Gasteiger partial charge on any atom is 0.251 e. The van der Waals surface area contributed by atoms with Gasteiger partial charge in [-0.25, -0.2) is 9.50 Å². The highest BCUT2D eigenvalue weighted by atomic mass is 79.9. The van der Waals surface area contributed by atoms with Gasteiger partial charge in [0.15, 0.2) is 0 Å². The number of fused-ring (bicyclic) bond motifs is 1. The summed E-state index contributed by atoms with van der Waals surface area (Å²) in [6, 6.07) is 7.75. The Balaban J connectivity index is 1.93. The van der Waals surface area contributed by atoms with Crippen molar-refractivity contribution in [2.45, 2.75) is 13.3 Å². The predicted molar refractivity (Wildman–Crippen MR) is 74.0 cm³/mol. The van der Waals surface area contributed by atoms with Crippen LogP contribution in [0.15, 0.2) is 28.9 Å². The lowest BCUT2D eigenvalue weighted by atomic mass is 10.1. The van der Waals surface area contributed by atoms with E-state index in [0.29, 0.717) is 5.78 Å². The Bertz CT molecular complexity index is 699. The Morgan fingerprint density at radius 1 is 1.28 bits per heavy atom. The van der Waals surface area contributed by atoms with Crippen molar-refractivity contribution in [3.05, 3.63) is 51.0 Å². The molecule has 0 fully saturated rings. The number of halogens is 2. The Morgan fingerprint density at radius 2 is 2.00 bits per heavy atom. The Kier molecular flexibility index (Phi) is 2.87. The molecule has 0 spiro atoms. The van der Waals surface area contributed by atoms with Gasteiger partial charge in [0, 0.05) is 11.4 Å². The average molecular weight is 326 g/mol. The van der Waals surface area contributed by atoms with E-state index in [0.717, 1.165) is 33.1 Å². The number of nitrogens with zero attached hydrogens (tertiary/aromatic N) is 3. The van der Waals surface area contributed by atoms with E-state index < -0.39 is 0 Å². The minimum absolute atomic E-state index is 0.684. The number of rotatable bonds is 2. The van der Waals surface area contributed by atoms with Gasteiger partial charge in [-0.2, -0.15) is 4.98 Å². The summed E-state index contributed by atoms with van der Waals surface area (Å²) in [4.78, 5) is 8.79. The molecule has 6 heteroatoms. The molecular formula is C12H10BrClN4. The van der Waals surface area contributed by atoms with E-state index >= 15 is 0 Å². The van der Waals surface area contributed by atoms with Crippen LogP contribution in [0.1, 0.15) is 17.1 Å². The number of hydrogen-bond donors (Lipinski definition) is 1. The van der Waals surface area contributed by atoms with Crippen LogP contribution in [0.5, 0.6) is 0 Å². The molecule has 0 saturated carbocycles. The average Bonchev–Trinajstić information content (AvgIpc) is 2.84. The minimum Gasteiger partial charge on any atom is -0.277 e. The molecule has 0 unspecified atom stereocenters. The Hall–Kier alpha value is -1.33. The molecule has 1 N–H and O–H groups in total. The molecular weight excluding hydrogens is 316 g/mol. The standard InChI is InChI=1S/C12H10BrClN4/c1-7-11(13)18-12(15-7)16-10(17-18)6-8-2-4-9(14)5-3-8/h2-5H,6H2,1H3,(H,15,16,17). The first-order chi connectivity index (χ1) is 8.63. The topological polar surface area (TPSA) is 46.0 Å². The third kappa shape index (κ3) is 2.04. The van der Waals surface area contributed by atoms with Crippen LogP contribution in [0, 0.1) is 6.92 Å². The Labute approximate surface area is 117 Å². The number of H-pyrrole nitrogens is 1. The molecule has 0 bridgehead atoms. The van der Waals surface area contributed by atoms with Gasteiger partial charge in [-0.15, -0.1) is 0 Å². The summed E-state index contributed by atoms with van der Waals surface area (Å²) in [5.74, 6) is 1.56. The highest BCUT2D eigenvalue weighted by Crippen LogP contribution is 2.18. The van der Waals surface area contributed by atoms with Crippen molar-refractivity contribution in [3.63, 3.8) is 0 Å². The van der Waals surface area contributed by atoms with Gasteiger partial charge in [-0.1, -0.05) is 23.7 Å². The fraction of sp³-hybridized carbons (Fsp3) is 0.167. The molecule has 0 atom stereocenters.